The van der Waals surface area contributed by atoms with Crippen LogP contribution in [0.15, 0.2) is 21.8 Å². The minimum atomic E-state index is -1.38. The average molecular weight is 584 g/mol. The molecule has 39 heavy (non-hydrogen) atoms. The van der Waals surface area contributed by atoms with Crippen LogP contribution < -0.4 is 10.6 Å². The first-order valence-corrected chi connectivity index (χ1v) is 13.2. The third-order valence-corrected chi connectivity index (χ3v) is 7.00. The molecule has 3 N–H and O–H groups in total. The van der Waals surface area contributed by atoms with Gasteiger partial charge in [0.25, 0.3) is 11.8 Å². The molecule has 0 bridgehead atoms. The lowest BCUT2D eigenvalue weighted by Crippen LogP contribution is -2.71. The van der Waals surface area contributed by atoms with E-state index in [4.69, 9.17) is 14.3 Å². The summed E-state index contributed by atoms with van der Waals surface area (Å²) in [5.74, 6) is -4.18. The SMILES string of the molecule is CC(=O)OCC1=C(C(=O)O)N2C(=O)[C@@H](NC(=O)C(=NOCC(=O)OC(C)(C)C)c3csc(NC=O)n3)[C@H]2SC1. The molecule has 2 aliphatic rings. The number of aromatic nitrogens is 1. The van der Waals surface area contributed by atoms with Gasteiger partial charge in [0.1, 0.15) is 35.0 Å². The summed E-state index contributed by atoms with van der Waals surface area (Å²) in [7, 11) is 0. The maximum Gasteiger partial charge on any atom is 0.352 e. The molecule has 3 heterocycles. The van der Waals surface area contributed by atoms with Crippen LogP contribution in [0.25, 0.3) is 0 Å². The van der Waals surface area contributed by atoms with E-state index < -0.39 is 59.1 Å². The highest BCUT2D eigenvalue weighted by Gasteiger charge is 2.54. The van der Waals surface area contributed by atoms with Gasteiger partial charge in [-0.2, -0.15) is 0 Å². The highest BCUT2D eigenvalue weighted by Crippen LogP contribution is 2.40. The molecule has 0 spiro atoms. The zero-order chi connectivity index (χ0) is 28.9. The van der Waals surface area contributed by atoms with E-state index in [1.165, 1.54) is 24.1 Å². The molecule has 1 aromatic rings. The molecule has 210 valence electrons. The number of anilines is 1. The number of carboxylic acid groups (broad SMARTS) is 1. The van der Waals surface area contributed by atoms with Gasteiger partial charge in [-0.1, -0.05) is 5.16 Å². The Bertz CT molecular complexity index is 1250. The van der Waals surface area contributed by atoms with Crippen LogP contribution in [0.5, 0.6) is 0 Å². The molecule has 0 aromatic carbocycles. The highest BCUT2D eigenvalue weighted by atomic mass is 32.2. The molecular weight excluding hydrogens is 558 g/mol. The molecule has 3 amide bonds. The molecule has 2 aliphatic heterocycles. The van der Waals surface area contributed by atoms with Gasteiger partial charge in [0.05, 0.1) is 0 Å². The van der Waals surface area contributed by atoms with Crippen molar-refractivity contribution < 1.29 is 48.2 Å². The lowest BCUT2D eigenvalue weighted by Gasteiger charge is -2.49. The normalized spacial score (nSPS) is 18.9. The number of carbonyl (C=O) groups excluding carboxylic acids is 5. The van der Waals surface area contributed by atoms with Gasteiger partial charge in [0.15, 0.2) is 10.8 Å². The smallest absolute Gasteiger partial charge is 0.352 e. The number of fused-ring (bicyclic) bond motifs is 1. The zero-order valence-electron chi connectivity index (χ0n) is 21.2. The molecule has 2 atom stereocenters. The first kappa shape index (κ1) is 29.6. The van der Waals surface area contributed by atoms with Crippen molar-refractivity contribution in [2.75, 3.05) is 24.3 Å². The Labute approximate surface area is 229 Å². The van der Waals surface area contributed by atoms with Gasteiger partial charge in [-0.05, 0) is 20.8 Å². The molecule has 3 rings (SSSR count). The van der Waals surface area contributed by atoms with Crippen molar-refractivity contribution in [1.29, 1.82) is 0 Å². The van der Waals surface area contributed by atoms with Crippen LogP contribution in [0.4, 0.5) is 5.13 Å². The maximum absolute atomic E-state index is 13.2. The predicted molar refractivity (Wildman–Crippen MR) is 136 cm³/mol. The van der Waals surface area contributed by atoms with Crippen LogP contribution >= 0.6 is 23.1 Å². The van der Waals surface area contributed by atoms with E-state index in [2.05, 4.69) is 20.8 Å². The van der Waals surface area contributed by atoms with Crippen molar-refractivity contribution in [3.8, 4) is 0 Å². The fourth-order valence-corrected chi connectivity index (χ4v) is 5.40. The molecule has 0 radical (unpaired) electrons. The number of oxime groups is 1. The summed E-state index contributed by atoms with van der Waals surface area (Å²) in [6, 6.07) is -1.12. The maximum atomic E-state index is 13.2. The number of aliphatic carboxylic acids is 1. The third-order valence-electron chi connectivity index (χ3n) is 4.89. The molecule has 0 unspecified atom stereocenters. The Balaban J connectivity index is 1.78. The molecule has 0 saturated carbocycles. The van der Waals surface area contributed by atoms with Gasteiger partial charge in [0, 0.05) is 23.6 Å². The summed E-state index contributed by atoms with van der Waals surface area (Å²) < 4.78 is 10.0. The van der Waals surface area contributed by atoms with Gasteiger partial charge in [-0.15, -0.1) is 23.1 Å². The van der Waals surface area contributed by atoms with Crippen molar-refractivity contribution in [2.24, 2.45) is 5.16 Å². The van der Waals surface area contributed by atoms with Gasteiger partial charge in [0.2, 0.25) is 13.0 Å². The largest absolute Gasteiger partial charge is 0.477 e. The number of esters is 2. The summed E-state index contributed by atoms with van der Waals surface area (Å²) in [6.07, 6.45) is 0.393. The number of hydrogen-bond donors (Lipinski definition) is 3. The Morgan fingerprint density at radius 3 is 2.64 bits per heavy atom. The fourth-order valence-electron chi connectivity index (χ4n) is 3.42. The summed E-state index contributed by atoms with van der Waals surface area (Å²) in [4.78, 5) is 81.9. The van der Waals surface area contributed by atoms with Crippen LogP contribution in [0.1, 0.15) is 33.4 Å². The molecule has 17 heteroatoms. The molecule has 1 aromatic heterocycles. The van der Waals surface area contributed by atoms with Crippen LogP contribution in [0.2, 0.25) is 0 Å². The lowest BCUT2D eigenvalue weighted by molar-refractivity contribution is -0.160. The van der Waals surface area contributed by atoms with Crippen molar-refractivity contribution in [3.63, 3.8) is 0 Å². The Hall–Kier alpha value is -3.99. The monoisotopic (exact) mass is 583 g/mol. The number of rotatable bonds is 11. The molecular formula is C22H25N5O10S2. The molecule has 0 aliphatic carbocycles. The Morgan fingerprint density at radius 1 is 1.31 bits per heavy atom. The van der Waals surface area contributed by atoms with E-state index in [1.54, 1.807) is 20.8 Å². The minimum Gasteiger partial charge on any atom is -0.477 e. The van der Waals surface area contributed by atoms with E-state index in [9.17, 15) is 33.9 Å². The van der Waals surface area contributed by atoms with Crippen molar-refractivity contribution >= 4 is 70.1 Å². The lowest BCUT2D eigenvalue weighted by atomic mass is 10.0. The first-order valence-electron chi connectivity index (χ1n) is 11.2. The number of ether oxygens (including phenoxy) is 2. The number of amides is 3. The average Bonchev–Trinajstić information content (AvgIpc) is 3.30. The number of carbonyl (C=O) groups is 6. The van der Waals surface area contributed by atoms with Gasteiger partial charge in [-0.25, -0.2) is 14.6 Å². The second-order valence-electron chi connectivity index (χ2n) is 9.00. The molecule has 1 fully saturated rings. The van der Waals surface area contributed by atoms with Crippen LogP contribution in [0.3, 0.4) is 0 Å². The number of hydrogen-bond acceptors (Lipinski definition) is 13. The number of β-lactam (4-membered cyclic amide) rings is 1. The van der Waals surface area contributed by atoms with Crippen LogP contribution in [-0.2, 0) is 43.1 Å². The van der Waals surface area contributed by atoms with E-state index in [0.717, 1.165) is 16.2 Å². The zero-order valence-corrected chi connectivity index (χ0v) is 22.8. The minimum absolute atomic E-state index is 0.0132. The van der Waals surface area contributed by atoms with Crippen molar-refractivity contribution in [1.82, 2.24) is 15.2 Å². The Kier molecular flexibility index (Phi) is 9.28. The van der Waals surface area contributed by atoms with E-state index in [-0.39, 0.29) is 34.5 Å². The third kappa shape index (κ3) is 7.32. The molecule has 1 saturated heterocycles. The van der Waals surface area contributed by atoms with E-state index in [0.29, 0.717) is 6.41 Å². The van der Waals surface area contributed by atoms with Crippen molar-refractivity contribution in [3.05, 3.63) is 22.3 Å². The fraction of sp³-hybridized carbons (Fsp3) is 0.455. The second-order valence-corrected chi connectivity index (χ2v) is 11.0. The number of thiazole rings is 1. The van der Waals surface area contributed by atoms with Crippen LogP contribution in [0, 0.1) is 0 Å². The Morgan fingerprint density at radius 2 is 2.03 bits per heavy atom. The summed E-state index contributed by atoms with van der Waals surface area (Å²) in [6.45, 7) is 5.26. The van der Waals surface area contributed by atoms with Gasteiger partial charge in [-0.3, -0.25) is 24.1 Å². The summed E-state index contributed by atoms with van der Waals surface area (Å²) in [5.41, 5.74) is -1.25. The number of nitrogens with zero attached hydrogens (tertiary/aromatic N) is 3. The standard InChI is InChI=1S/C22H25N5O10S2/c1-10(29)35-5-11-7-38-19-15(18(32)27(19)16(11)20(33)34)25-17(31)14(12-8-39-21(24-12)23-9-28)26-36-6-13(30)37-22(2,3)4/h8-9,15,19H,5-7H2,1-4H3,(H,25,31)(H,33,34)(H,23,24,28)/t15-,19-/m1/s1. The highest BCUT2D eigenvalue weighted by molar-refractivity contribution is 8.00. The van der Waals surface area contributed by atoms with E-state index in [1.807, 2.05) is 0 Å². The second kappa shape index (κ2) is 12.2. The number of thioether (sulfide) groups is 1. The van der Waals surface area contributed by atoms with Crippen molar-refractivity contribution in [2.45, 2.75) is 44.7 Å². The van der Waals surface area contributed by atoms with Gasteiger partial charge < -0.3 is 30.1 Å². The first-order chi connectivity index (χ1) is 18.3. The number of nitrogens with one attached hydrogen (secondary N) is 2. The predicted octanol–water partition coefficient (Wildman–Crippen LogP) is 0.0755. The van der Waals surface area contributed by atoms with Crippen LogP contribution in [-0.4, -0.2) is 92.8 Å². The van der Waals surface area contributed by atoms with Gasteiger partial charge >= 0.3 is 17.9 Å². The summed E-state index contributed by atoms with van der Waals surface area (Å²) in [5, 5.41) is 19.0. The van der Waals surface area contributed by atoms with E-state index >= 15 is 0 Å². The topological polar surface area (TPSA) is 203 Å². The quantitative estimate of drug-likeness (QED) is 0.104. The number of carboxylic acids is 1. The molecule has 15 nitrogen and oxygen atoms in total. The summed E-state index contributed by atoms with van der Waals surface area (Å²) >= 11 is 2.16.